The highest BCUT2D eigenvalue weighted by Gasteiger charge is 2.17. The molecule has 1 aliphatic carbocycles. The minimum atomic E-state index is 0.908. The molecule has 0 aromatic heterocycles. The minimum absolute atomic E-state index is 0.908. The summed E-state index contributed by atoms with van der Waals surface area (Å²) in [7, 11) is 0. The second-order valence-corrected chi connectivity index (χ2v) is 5.03. The van der Waals surface area contributed by atoms with Crippen molar-refractivity contribution in [1.29, 1.82) is 0 Å². The first-order valence-corrected chi connectivity index (χ1v) is 7.12. The topological polar surface area (TPSA) is 3.24 Å². The molecule has 0 amide bonds. The molecule has 0 unspecified atom stereocenters. The van der Waals surface area contributed by atoms with Crippen LogP contribution >= 0.6 is 0 Å². The van der Waals surface area contributed by atoms with Crippen LogP contribution in [0, 0.1) is 0 Å². The van der Waals surface area contributed by atoms with Gasteiger partial charge in [-0.1, -0.05) is 46.0 Å². The van der Waals surface area contributed by atoms with Crippen LogP contribution in [0.5, 0.6) is 0 Å². The van der Waals surface area contributed by atoms with Crippen LogP contribution in [0.4, 0.5) is 0 Å². The molecular weight excluding hydrogens is 182 g/mol. The van der Waals surface area contributed by atoms with Crippen LogP contribution in [0.25, 0.3) is 0 Å². The Labute approximate surface area is 96.2 Å². The number of rotatable bonds is 5. The van der Waals surface area contributed by atoms with Crippen molar-refractivity contribution in [2.24, 2.45) is 0 Å². The lowest BCUT2D eigenvalue weighted by Crippen LogP contribution is -2.37. The van der Waals surface area contributed by atoms with E-state index in [4.69, 9.17) is 0 Å². The molecule has 1 saturated carbocycles. The van der Waals surface area contributed by atoms with E-state index in [1.807, 2.05) is 0 Å². The average Bonchev–Trinajstić information content (AvgIpc) is 2.17. The van der Waals surface area contributed by atoms with E-state index >= 15 is 0 Å². The van der Waals surface area contributed by atoms with Crippen molar-refractivity contribution in [2.45, 2.75) is 77.7 Å². The predicted molar refractivity (Wildman–Crippen MR) is 68.3 cm³/mol. The Morgan fingerprint density at radius 1 is 0.800 bits per heavy atom. The summed E-state index contributed by atoms with van der Waals surface area (Å²) in [5, 5.41) is 0. The molecule has 1 heteroatoms. The van der Waals surface area contributed by atoms with Gasteiger partial charge in [-0.3, -0.25) is 0 Å². The molecule has 0 atom stereocenters. The maximum atomic E-state index is 2.76. The second kappa shape index (κ2) is 8.15. The standard InChI is InChI=1S/C14H29N/c1-3-12-15(13-4-2)14-10-8-6-5-7-9-11-14/h14H,3-13H2,1-2H3. The monoisotopic (exact) mass is 211 g/mol. The van der Waals surface area contributed by atoms with Crippen molar-refractivity contribution >= 4 is 0 Å². The second-order valence-electron chi connectivity index (χ2n) is 5.03. The van der Waals surface area contributed by atoms with Crippen LogP contribution in [-0.2, 0) is 0 Å². The number of hydrogen-bond acceptors (Lipinski definition) is 1. The Morgan fingerprint density at radius 2 is 1.27 bits per heavy atom. The molecule has 0 aliphatic heterocycles. The molecular formula is C14H29N. The summed E-state index contributed by atoms with van der Waals surface area (Å²) in [4.78, 5) is 2.76. The molecule has 1 aliphatic rings. The summed E-state index contributed by atoms with van der Waals surface area (Å²) in [5.41, 5.74) is 0. The van der Waals surface area contributed by atoms with Crippen LogP contribution in [-0.4, -0.2) is 24.0 Å². The van der Waals surface area contributed by atoms with Crippen molar-refractivity contribution < 1.29 is 0 Å². The van der Waals surface area contributed by atoms with Crippen LogP contribution in [0.2, 0.25) is 0 Å². The molecule has 1 nitrogen and oxygen atoms in total. The highest BCUT2D eigenvalue weighted by Crippen LogP contribution is 2.21. The van der Waals surface area contributed by atoms with Gasteiger partial charge in [-0.25, -0.2) is 0 Å². The lowest BCUT2D eigenvalue weighted by atomic mass is 9.95. The van der Waals surface area contributed by atoms with E-state index in [0.29, 0.717) is 0 Å². The van der Waals surface area contributed by atoms with Crippen LogP contribution in [0.1, 0.15) is 71.6 Å². The van der Waals surface area contributed by atoms with Crippen molar-refractivity contribution in [3.8, 4) is 0 Å². The van der Waals surface area contributed by atoms with Crippen molar-refractivity contribution in [2.75, 3.05) is 13.1 Å². The van der Waals surface area contributed by atoms with Gasteiger partial charge in [0.2, 0.25) is 0 Å². The molecule has 1 fully saturated rings. The fourth-order valence-electron chi connectivity index (χ4n) is 2.85. The molecule has 0 aromatic rings. The third-order valence-corrected chi connectivity index (χ3v) is 3.61. The van der Waals surface area contributed by atoms with Gasteiger partial charge >= 0.3 is 0 Å². The van der Waals surface area contributed by atoms with Gasteiger partial charge in [-0.2, -0.15) is 0 Å². The first-order chi connectivity index (χ1) is 7.38. The third kappa shape index (κ3) is 5.01. The third-order valence-electron chi connectivity index (χ3n) is 3.61. The van der Waals surface area contributed by atoms with E-state index in [-0.39, 0.29) is 0 Å². The zero-order chi connectivity index (χ0) is 10.9. The molecule has 15 heavy (non-hydrogen) atoms. The van der Waals surface area contributed by atoms with Crippen LogP contribution in [0.3, 0.4) is 0 Å². The fraction of sp³-hybridized carbons (Fsp3) is 1.00. The summed E-state index contributed by atoms with van der Waals surface area (Å²) < 4.78 is 0. The molecule has 1 rings (SSSR count). The normalized spacial score (nSPS) is 20.2. The van der Waals surface area contributed by atoms with E-state index in [0.717, 1.165) is 6.04 Å². The van der Waals surface area contributed by atoms with Crippen LogP contribution in [0.15, 0.2) is 0 Å². The zero-order valence-electron chi connectivity index (χ0n) is 10.8. The lowest BCUT2D eigenvalue weighted by Gasteiger charge is -2.32. The van der Waals surface area contributed by atoms with E-state index < -0.39 is 0 Å². The quantitative estimate of drug-likeness (QED) is 0.658. The van der Waals surface area contributed by atoms with Gasteiger partial charge in [0.25, 0.3) is 0 Å². The van der Waals surface area contributed by atoms with E-state index in [9.17, 15) is 0 Å². The van der Waals surface area contributed by atoms with Crippen molar-refractivity contribution in [3.63, 3.8) is 0 Å². The lowest BCUT2D eigenvalue weighted by molar-refractivity contribution is 0.166. The smallest absolute Gasteiger partial charge is 0.00952 e. The summed E-state index contributed by atoms with van der Waals surface area (Å²) in [6, 6.07) is 0.908. The largest absolute Gasteiger partial charge is 0.300 e. The van der Waals surface area contributed by atoms with Gasteiger partial charge in [0, 0.05) is 6.04 Å². The van der Waals surface area contributed by atoms with Crippen molar-refractivity contribution in [3.05, 3.63) is 0 Å². The maximum Gasteiger partial charge on any atom is 0.00952 e. The summed E-state index contributed by atoms with van der Waals surface area (Å²) in [5.74, 6) is 0. The van der Waals surface area contributed by atoms with E-state index in [1.54, 1.807) is 0 Å². The molecule has 0 aromatic carbocycles. The predicted octanol–water partition coefficient (Wildman–Crippen LogP) is 4.22. The maximum absolute atomic E-state index is 2.76. The minimum Gasteiger partial charge on any atom is -0.300 e. The Morgan fingerprint density at radius 3 is 1.73 bits per heavy atom. The fourth-order valence-corrected chi connectivity index (χ4v) is 2.85. The van der Waals surface area contributed by atoms with E-state index in [1.165, 1.54) is 70.9 Å². The van der Waals surface area contributed by atoms with Crippen molar-refractivity contribution in [1.82, 2.24) is 4.90 Å². The SMILES string of the molecule is CCCN(CCC)C1CCCCCCC1. The number of hydrogen-bond donors (Lipinski definition) is 0. The molecule has 0 heterocycles. The molecule has 0 radical (unpaired) electrons. The van der Waals surface area contributed by atoms with Gasteiger partial charge in [0.15, 0.2) is 0 Å². The van der Waals surface area contributed by atoms with E-state index in [2.05, 4.69) is 18.7 Å². The zero-order valence-corrected chi connectivity index (χ0v) is 10.8. The summed E-state index contributed by atoms with van der Waals surface area (Å²) >= 11 is 0. The molecule has 0 spiro atoms. The van der Waals surface area contributed by atoms with Gasteiger partial charge in [0.05, 0.1) is 0 Å². The Bertz CT molecular complexity index is 130. The highest BCUT2D eigenvalue weighted by molar-refractivity contribution is 4.73. The van der Waals surface area contributed by atoms with Gasteiger partial charge in [-0.15, -0.1) is 0 Å². The van der Waals surface area contributed by atoms with Gasteiger partial charge < -0.3 is 4.90 Å². The first kappa shape index (κ1) is 13.0. The summed E-state index contributed by atoms with van der Waals surface area (Å²) in [6.45, 7) is 7.26. The van der Waals surface area contributed by atoms with Gasteiger partial charge in [0.1, 0.15) is 0 Å². The Balaban J connectivity index is 2.38. The molecule has 90 valence electrons. The Hall–Kier alpha value is -0.0400. The highest BCUT2D eigenvalue weighted by atomic mass is 15.1. The van der Waals surface area contributed by atoms with Gasteiger partial charge in [-0.05, 0) is 38.8 Å². The molecule has 0 saturated heterocycles. The molecule has 0 N–H and O–H groups in total. The number of nitrogens with zero attached hydrogens (tertiary/aromatic N) is 1. The van der Waals surface area contributed by atoms with Crippen LogP contribution < -0.4 is 0 Å². The summed E-state index contributed by atoms with van der Waals surface area (Å²) in [6.07, 6.45) is 12.9. The average molecular weight is 211 g/mol. The molecule has 0 bridgehead atoms. The Kier molecular flexibility index (Phi) is 7.08. The first-order valence-electron chi connectivity index (χ1n) is 7.12.